The largest absolute Gasteiger partial charge is 0.389 e. The number of rotatable bonds is 4. The van der Waals surface area contributed by atoms with Crippen molar-refractivity contribution in [2.24, 2.45) is 5.73 Å². The van der Waals surface area contributed by atoms with E-state index in [1.165, 1.54) is 0 Å². The van der Waals surface area contributed by atoms with Gasteiger partial charge < -0.3 is 15.8 Å². The minimum Gasteiger partial charge on any atom is -0.389 e. The molecule has 0 spiro atoms. The van der Waals surface area contributed by atoms with Crippen molar-refractivity contribution < 1.29 is 9.53 Å². The van der Waals surface area contributed by atoms with E-state index in [0.29, 0.717) is 24.6 Å². The van der Waals surface area contributed by atoms with Crippen molar-refractivity contribution in [3.63, 3.8) is 0 Å². The van der Waals surface area contributed by atoms with Gasteiger partial charge in [0.2, 0.25) is 5.91 Å². The van der Waals surface area contributed by atoms with Crippen LogP contribution in [0.5, 0.6) is 0 Å². The van der Waals surface area contributed by atoms with E-state index in [1.807, 2.05) is 24.3 Å². The van der Waals surface area contributed by atoms with Crippen LogP contribution in [-0.4, -0.2) is 29.6 Å². The SMILES string of the molecule is CC1(NC(=O)Cc2ccc(C(N)=S)cc2)CCOCC1. The zero-order valence-corrected chi connectivity index (χ0v) is 12.5. The summed E-state index contributed by atoms with van der Waals surface area (Å²) in [6.07, 6.45) is 2.09. The van der Waals surface area contributed by atoms with E-state index < -0.39 is 0 Å². The van der Waals surface area contributed by atoms with Gasteiger partial charge in [0, 0.05) is 24.3 Å². The molecule has 0 atom stereocenters. The lowest BCUT2D eigenvalue weighted by Gasteiger charge is -2.34. The second-order valence-corrected chi connectivity index (χ2v) is 5.90. The summed E-state index contributed by atoms with van der Waals surface area (Å²) in [7, 11) is 0. The first-order valence-corrected chi connectivity index (χ1v) is 7.17. The Morgan fingerprint density at radius 2 is 1.95 bits per heavy atom. The summed E-state index contributed by atoms with van der Waals surface area (Å²) >= 11 is 4.90. The van der Waals surface area contributed by atoms with Crippen LogP contribution >= 0.6 is 12.2 Å². The molecule has 1 aliphatic rings. The van der Waals surface area contributed by atoms with Gasteiger partial charge in [-0.25, -0.2) is 0 Å². The van der Waals surface area contributed by atoms with Crippen molar-refractivity contribution >= 4 is 23.1 Å². The molecule has 0 aliphatic carbocycles. The van der Waals surface area contributed by atoms with Crippen LogP contribution in [0.25, 0.3) is 0 Å². The highest BCUT2D eigenvalue weighted by atomic mass is 32.1. The minimum absolute atomic E-state index is 0.0393. The Morgan fingerprint density at radius 1 is 1.35 bits per heavy atom. The van der Waals surface area contributed by atoms with Crippen LogP contribution in [0.2, 0.25) is 0 Å². The number of amides is 1. The van der Waals surface area contributed by atoms with Crippen molar-refractivity contribution in [2.45, 2.75) is 31.7 Å². The summed E-state index contributed by atoms with van der Waals surface area (Å²) in [5.41, 5.74) is 7.18. The highest BCUT2D eigenvalue weighted by molar-refractivity contribution is 7.80. The molecular formula is C15H20N2O2S. The van der Waals surface area contributed by atoms with Crippen LogP contribution in [0.1, 0.15) is 30.9 Å². The van der Waals surface area contributed by atoms with Gasteiger partial charge in [0.05, 0.1) is 6.42 Å². The first-order valence-electron chi connectivity index (χ1n) is 6.76. The van der Waals surface area contributed by atoms with Gasteiger partial charge in [0.15, 0.2) is 0 Å². The fourth-order valence-electron chi connectivity index (χ4n) is 2.30. The van der Waals surface area contributed by atoms with Gasteiger partial charge >= 0.3 is 0 Å². The van der Waals surface area contributed by atoms with E-state index in [1.54, 1.807) is 0 Å². The molecule has 2 rings (SSSR count). The van der Waals surface area contributed by atoms with Crippen LogP contribution in [0.15, 0.2) is 24.3 Å². The average molecular weight is 292 g/mol. The monoisotopic (exact) mass is 292 g/mol. The summed E-state index contributed by atoms with van der Waals surface area (Å²) in [5.74, 6) is 0.0393. The highest BCUT2D eigenvalue weighted by Crippen LogP contribution is 2.19. The molecule has 0 bridgehead atoms. The van der Waals surface area contributed by atoms with E-state index in [9.17, 15) is 4.79 Å². The molecule has 0 unspecified atom stereocenters. The molecule has 0 radical (unpaired) electrons. The van der Waals surface area contributed by atoms with E-state index in [4.69, 9.17) is 22.7 Å². The van der Waals surface area contributed by atoms with Crippen LogP contribution in [0.3, 0.4) is 0 Å². The lowest BCUT2D eigenvalue weighted by molar-refractivity contribution is -0.123. The number of benzene rings is 1. The number of carbonyl (C=O) groups excluding carboxylic acids is 1. The molecule has 0 aromatic heterocycles. The third kappa shape index (κ3) is 4.02. The Morgan fingerprint density at radius 3 is 2.50 bits per heavy atom. The van der Waals surface area contributed by atoms with Crippen molar-refractivity contribution in [3.05, 3.63) is 35.4 Å². The number of carbonyl (C=O) groups is 1. The third-order valence-corrected chi connectivity index (χ3v) is 3.88. The predicted octanol–water partition coefficient (Wildman–Crippen LogP) is 1.55. The third-order valence-electron chi connectivity index (χ3n) is 3.64. The number of hydrogen-bond donors (Lipinski definition) is 2. The van der Waals surface area contributed by atoms with Gasteiger partial charge in [0.25, 0.3) is 0 Å². The average Bonchev–Trinajstić information content (AvgIpc) is 2.39. The van der Waals surface area contributed by atoms with Gasteiger partial charge in [-0.15, -0.1) is 0 Å². The maximum Gasteiger partial charge on any atom is 0.224 e. The van der Waals surface area contributed by atoms with E-state index in [0.717, 1.165) is 24.0 Å². The molecule has 0 saturated carbocycles. The number of thiocarbonyl (C=S) groups is 1. The Balaban J connectivity index is 1.92. The number of nitrogens with one attached hydrogen (secondary N) is 1. The summed E-state index contributed by atoms with van der Waals surface area (Å²) in [6, 6.07) is 7.48. The van der Waals surface area contributed by atoms with E-state index in [2.05, 4.69) is 12.2 Å². The zero-order valence-electron chi connectivity index (χ0n) is 11.6. The lowest BCUT2D eigenvalue weighted by atomic mass is 9.92. The summed E-state index contributed by atoms with van der Waals surface area (Å²) in [4.78, 5) is 12.5. The molecule has 20 heavy (non-hydrogen) atoms. The standard InChI is InChI=1S/C15H20N2O2S/c1-15(6-8-19-9-7-15)17-13(18)10-11-2-4-12(5-3-11)14(16)20/h2-5H,6-10H2,1H3,(H2,16,20)(H,17,18). The molecule has 5 heteroatoms. The molecule has 1 aromatic carbocycles. The Bertz CT molecular complexity index is 493. The minimum atomic E-state index is -0.145. The van der Waals surface area contributed by atoms with Crippen LogP contribution in [-0.2, 0) is 16.0 Å². The summed E-state index contributed by atoms with van der Waals surface area (Å²) in [6.45, 7) is 3.49. The van der Waals surface area contributed by atoms with Gasteiger partial charge in [-0.3, -0.25) is 4.79 Å². The molecule has 1 fully saturated rings. The molecular weight excluding hydrogens is 272 g/mol. The predicted molar refractivity (Wildman–Crippen MR) is 82.6 cm³/mol. The molecule has 1 aliphatic heterocycles. The number of ether oxygens (including phenoxy) is 1. The summed E-state index contributed by atoms with van der Waals surface area (Å²) < 4.78 is 5.33. The van der Waals surface area contributed by atoms with Crippen molar-refractivity contribution in [3.8, 4) is 0 Å². The summed E-state index contributed by atoms with van der Waals surface area (Å²) in [5, 5.41) is 3.11. The van der Waals surface area contributed by atoms with Crippen LogP contribution < -0.4 is 11.1 Å². The zero-order chi connectivity index (χ0) is 14.6. The van der Waals surface area contributed by atoms with E-state index in [-0.39, 0.29) is 11.4 Å². The first-order chi connectivity index (χ1) is 9.48. The maximum absolute atomic E-state index is 12.1. The fourth-order valence-corrected chi connectivity index (χ4v) is 2.44. The van der Waals surface area contributed by atoms with Gasteiger partial charge in [0.1, 0.15) is 4.99 Å². The smallest absolute Gasteiger partial charge is 0.224 e. The molecule has 1 aromatic rings. The number of hydrogen-bond acceptors (Lipinski definition) is 3. The molecule has 1 heterocycles. The van der Waals surface area contributed by atoms with Crippen molar-refractivity contribution in [1.29, 1.82) is 0 Å². The second kappa shape index (κ2) is 6.33. The highest BCUT2D eigenvalue weighted by Gasteiger charge is 2.28. The van der Waals surface area contributed by atoms with Crippen molar-refractivity contribution in [1.82, 2.24) is 5.32 Å². The fraction of sp³-hybridized carbons (Fsp3) is 0.467. The Kier molecular flexibility index (Phi) is 4.73. The Labute approximate surface area is 124 Å². The van der Waals surface area contributed by atoms with Crippen molar-refractivity contribution in [2.75, 3.05) is 13.2 Å². The first kappa shape index (κ1) is 14.9. The molecule has 108 valence electrons. The molecule has 3 N–H and O–H groups in total. The van der Waals surface area contributed by atoms with Crippen LogP contribution in [0.4, 0.5) is 0 Å². The quantitative estimate of drug-likeness (QED) is 0.827. The Hall–Kier alpha value is -1.46. The second-order valence-electron chi connectivity index (χ2n) is 5.46. The molecule has 1 saturated heterocycles. The van der Waals surface area contributed by atoms with E-state index >= 15 is 0 Å². The van der Waals surface area contributed by atoms with Gasteiger partial charge in [-0.2, -0.15) is 0 Å². The maximum atomic E-state index is 12.1. The van der Waals surface area contributed by atoms with Crippen LogP contribution in [0, 0.1) is 0 Å². The molecule has 4 nitrogen and oxygen atoms in total. The lowest BCUT2D eigenvalue weighted by Crippen LogP contribution is -2.50. The topological polar surface area (TPSA) is 64.4 Å². The number of nitrogens with two attached hydrogens (primary N) is 1. The normalized spacial score (nSPS) is 17.4. The van der Waals surface area contributed by atoms with Gasteiger partial charge in [-0.05, 0) is 25.3 Å². The molecule has 1 amide bonds. The van der Waals surface area contributed by atoms with Gasteiger partial charge in [-0.1, -0.05) is 36.5 Å².